The first-order chi connectivity index (χ1) is 4.75. The molecule has 1 rings (SSSR count). The molecule has 0 aromatic carbocycles. The molecule has 0 saturated heterocycles. The highest BCUT2D eigenvalue weighted by Crippen LogP contribution is 2.23. The van der Waals surface area contributed by atoms with Crippen molar-refractivity contribution in [2.24, 2.45) is 5.92 Å². The van der Waals surface area contributed by atoms with E-state index >= 15 is 0 Å². The molecule has 0 spiro atoms. The van der Waals surface area contributed by atoms with Crippen molar-refractivity contribution in [1.82, 2.24) is 0 Å². The molecule has 0 aliphatic heterocycles. The summed E-state index contributed by atoms with van der Waals surface area (Å²) in [6.45, 7) is 0. The van der Waals surface area contributed by atoms with Crippen LogP contribution in [0.2, 0.25) is 0 Å². The Bertz CT molecular complexity index is 193. The van der Waals surface area contributed by atoms with E-state index in [4.69, 9.17) is 5.11 Å². The van der Waals surface area contributed by atoms with Crippen LogP contribution in [-0.2, 0) is 9.59 Å². The molecule has 1 atom stereocenters. The third-order valence-electron chi connectivity index (χ3n) is 1.65. The second-order valence-corrected chi connectivity index (χ2v) is 2.28. The lowest BCUT2D eigenvalue weighted by Gasteiger charge is -1.99. The fourth-order valence-electron chi connectivity index (χ4n) is 1.11. The van der Waals surface area contributed by atoms with Gasteiger partial charge in [-0.3, -0.25) is 0 Å². The molecule has 1 aliphatic carbocycles. The Morgan fingerprint density at radius 3 is 2.90 bits per heavy atom. The lowest BCUT2D eigenvalue weighted by molar-refractivity contribution is -0.133. The number of allylic oxidation sites excluding steroid dienone is 1. The van der Waals surface area contributed by atoms with Gasteiger partial charge in [-0.15, -0.1) is 0 Å². The molecule has 1 N–H and O–H groups in total. The van der Waals surface area contributed by atoms with E-state index in [9.17, 15) is 9.59 Å². The molecule has 0 fully saturated rings. The molecule has 3 heteroatoms. The minimum Gasteiger partial charge on any atom is -0.478 e. The summed E-state index contributed by atoms with van der Waals surface area (Å²) >= 11 is 0. The fourth-order valence-corrected chi connectivity index (χ4v) is 1.11. The predicted molar refractivity (Wildman–Crippen MR) is 34.5 cm³/mol. The zero-order chi connectivity index (χ0) is 7.56. The van der Waals surface area contributed by atoms with Gasteiger partial charge in [0.05, 0.1) is 0 Å². The third-order valence-corrected chi connectivity index (χ3v) is 1.65. The van der Waals surface area contributed by atoms with Gasteiger partial charge in [-0.1, -0.05) is 6.08 Å². The Morgan fingerprint density at radius 2 is 2.50 bits per heavy atom. The molecule has 0 aromatic rings. The van der Waals surface area contributed by atoms with Crippen molar-refractivity contribution in [3.05, 3.63) is 11.6 Å². The van der Waals surface area contributed by atoms with E-state index in [1.807, 2.05) is 0 Å². The first-order valence-corrected chi connectivity index (χ1v) is 3.14. The van der Waals surface area contributed by atoms with Crippen molar-refractivity contribution in [1.29, 1.82) is 0 Å². The highest BCUT2D eigenvalue weighted by Gasteiger charge is 2.23. The van der Waals surface area contributed by atoms with Crippen LogP contribution in [0.1, 0.15) is 12.8 Å². The van der Waals surface area contributed by atoms with Crippen molar-refractivity contribution in [3.63, 3.8) is 0 Å². The van der Waals surface area contributed by atoms with Crippen molar-refractivity contribution >= 4 is 12.3 Å². The van der Waals surface area contributed by atoms with E-state index in [1.165, 1.54) is 0 Å². The molecule has 0 bridgehead atoms. The molecule has 0 radical (unpaired) electrons. The van der Waals surface area contributed by atoms with Crippen LogP contribution in [0.5, 0.6) is 0 Å². The standard InChI is InChI=1S/C7H8O3/c8-4-5-2-1-3-6(5)7(9)10/h3-5H,1-2H2,(H,9,10). The molecular formula is C7H8O3. The molecule has 0 saturated carbocycles. The van der Waals surface area contributed by atoms with Gasteiger partial charge < -0.3 is 9.90 Å². The van der Waals surface area contributed by atoms with E-state index in [2.05, 4.69) is 0 Å². The molecule has 10 heavy (non-hydrogen) atoms. The quantitative estimate of drug-likeness (QED) is 0.571. The zero-order valence-electron chi connectivity index (χ0n) is 5.41. The van der Waals surface area contributed by atoms with Crippen LogP contribution in [0.4, 0.5) is 0 Å². The van der Waals surface area contributed by atoms with Gasteiger partial charge in [0.25, 0.3) is 0 Å². The van der Waals surface area contributed by atoms with Gasteiger partial charge >= 0.3 is 5.97 Å². The Morgan fingerprint density at radius 1 is 1.80 bits per heavy atom. The minimum absolute atomic E-state index is 0.259. The first-order valence-electron chi connectivity index (χ1n) is 3.14. The average molecular weight is 140 g/mol. The number of carboxylic acids is 1. The Kier molecular flexibility index (Phi) is 1.85. The van der Waals surface area contributed by atoms with Gasteiger partial charge in [0.2, 0.25) is 0 Å². The van der Waals surface area contributed by atoms with Crippen LogP contribution in [-0.4, -0.2) is 17.4 Å². The number of aliphatic carboxylic acids is 1. The van der Waals surface area contributed by atoms with Gasteiger partial charge in [0, 0.05) is 11.5 Å². The van der Waals surface area contributed by atoms with Gasteiger partial charge in [0.15, 0.2) is 0 Å². The predicted octanol–water partition coefficient (Wildman–Crippen LogP) is 0.606. The summed E-state index contributed by atoms with van der Waals surface area (Å²) < 4.78 is 0. The average Bonchev–Trinajstić information content (AvgIpc) is 2.33. The molecule has 1 aliphatic rings. The second kappa shape index (κ2) is 2.64. The van der Waals surface area contributed by atoms with Crippen LogP contribution < -0.4 is 0 Å². The highest BCUT2D eigenvalue weighted by atomic mass is 16.4. The molecule has 0 aromatic heterocycles. The summed E-state index contributed by atoms with van der Waals surface area (Å²) in [5.41, 5.74) is 0.259. The summed E-state index contributed by atoms with van der Waals surface area (Å²) in [6, 6.07) is 0. The van der Waals surface area contributed by atoms with Crippen molar-refractivity contribution < 1.29 is 14.7 Å². The third kappa shape index (κ3) is 1.07. The zero-order valence-corrected chi connectivity index (χ0v) is 5.41. The van der Waals surface area contributed by atoms with E-state index in [0.717, 1.165) is 0 Å². The topological polar surface area (TPSA) is 54.4 Å². The Balaban J connectivity index is 2.74. The number of hydrogen-bond acceptors (Lipinski definition) is 2. The van der Waals surface area contributed by atoms with Crippen molar-refractivity contribution in [2.45, 2.75) is 12.8 Å². The van der Waals surface area contributed by atoms with Crippen molar-refractivity contribution in [2.75, 3.05) is 0 Å². The normalized spacial score (nSPS) is 24.0. The number of carboxylic acid groups (broad SMARTS) is 1. The Hall–Kier alpha value is -1.12. The number of rotatable bonds is 2. The lowest BCUT2D eigenvalue weighted by atomic mass is 10.0. The van der Waals surface area contributed by atoms with E-state index < -0.39 is 5.97 Å². The number of carbonyl (C=O) groups excluding carboxylic acids is 1. The summed E-state index contributed by atoms with van der Waals surface area (Å²) in [7, 11) is 0. The largest absolute Gasteiger partial charge is 0.478 e. The fraction of sp³-hybridized carbons (Fsp3) is 0.429. The highest BCUT2D eigenvalue weighted by molar-refractivity contribution is 5.91. The summed E-state index contributed by atoms with van der Waals surface area (Å²) in [5.74, 6) is -1.33. The van der Waals surface area contributed by atoms with Crippen molar-refractivity contribution in [3.8, 4) is 0 Å². The van der Waals surface area contributed by atoms with Gasteiger partial charge in [-0.25, -0.2) is 4.79 Å². The number of aldehydes is 1. The van der Waals surface area contributed by atoms with Crippen LogP contribution in [0.25, 0.3) is 0 Å². The molecule has 0 amide bonds. The molecule has 1 unspecified atom stereocenters. The summed E-state index contributed by atoms with van der Waals surface area (Å²) in [5, 5.41) is 8.49. The SMILES string of the molecule is O=CC1CCC=C1C(=O)O. The monoisotopic (exact) mass is 140 g/mol. The van der Waals surface area contributed by atoms with Gasteiger partial charge in [0.1, 0.15) is 6.29 Å². The van der Waals surface area contributed by atoms with E-state index in [-0.39, 0.29) is 11.5 Å². The lowest BCUT2D eigenvalue weighted by Crippen LogP contribution is -2.09. The maximum Gasteiger partial charge on any atom is 0.331 e. The van der Waals surface area contributed by atoms with Crippen LogP contribution in [0, 0.1) is 5.92 Å². The summed E-state index contributed by atoms with van der Waals surface area (Å²) in [6.07, 6.45) is 3.69. The van der Waals surface area contributed by atoms with Gasteiger partial charge in [-0.05, 0) is 12.8 Å². The van der Waals surface area contributed by atoms with Crippen LogP contribution in [0.3, 0.4) is 0 Å². The second-order valence-electron chi connectivity index (χ2n) is 2.28. The molecular weight excluding hydrogens is 132 g/mol. The molecule has 0 heterocycles. The van der Waals surface area contributed by atoms with E-state index in [0.29, 0.717) is 19.1 Å². The minimum atomic E-state index is -0.963. The maximum absolute atomic E-state index is 10.3. The smallest absolute Gasteiger partial charge is 0.331 e. The summed E-state index contributed by atoms with van der Waals surface area (Å²) in [4.78, 5) is 20.6. The molecule has 3 nitrogen and oxygen atoms in total. The number of hydrogen-bond donors (Lipinski definition) is 1. The first kappa shape index (κ1) is 6.99. The van der Waals surface area contributed by atoms with Gasteiger partial charge in [-0.2, -0.15) is 0 Å². The molecule has 54 valence electrons. The maximum atomic E-state index is 10.3. The van der Waals surface area contributed by atoms with Crippen LogP contribution in [0.15, 0.2) is 11.6 Å². The van der Waals surface area contributed by atoms with Crippen LogP contribution >= 0.6 is 0 Å². The number of carbonyl (C=O) groups is 2. The Labute approximate surface area is 58.4 Å². The van der Waals surface area contributed by atoms with E-state index in [1.54, 1.807) is 6.08 Å².